The predicted octanol–water partition coefficient (Wildman–Crippen LogP) is 3.65. The van der Waals surface area contributed by atoms with Crippen molar-refractivity contribution in [3.8, 4) is 0 Å². The molecule has 1 N–H and O–H groups in total. The van der Waals surface area contributed by atoms with Gasteiger partial charge in [0, 0.05) is 24.1 Å². The topological polar surface area (TPSA) is 72.2 Å². The van der Waals surface area contributed by atoms with Crippen LogP contribution in [0.2, 0.25) is 0 Å². The summed E-state index contributed by atoms with van der Waals surface area (Å²) >= 11 is 1.63. The van der Waals surface area contributed by atoms with Gasteiger partial charge in [0.15, 0.2) is 5.16 Å². The zero-order valence-electron chi connectivity index (χ0n) is 16.0. The van der Waals surface area contributed by atoms with Gasteiger partial charge in [0.2, 0.25) is 0 Å². The Morgan fingerprint density at radius 2 is 1.82 bits per heavy atom. The number of nitrogens with zero attached hydrogens (tertiary/aromatic N) is 4. The number of rotatable bonds is 5. The maximum absolute atomic E-state index is 12.5. The lowest BCUT2D eigenvalue weighted by Gasteiger charge is -2.50. The molecule has 0 radical (unpaired) electrons. The summed E-state index contributed by atoms with van der Waals surface area (Å²) < 4.78 is 1.90. The van der Waals surface area contributed by atoms with Crippen LogP contribution in [0.3, 0.4) is 0 Å². The third kappa shape index (κ3) is 3.48. The SMILES string of the molecule is Cn1cnnc1SCc1ccc(C(=O)NN=C2C3CC4CC(C3)CC2C4)cc1. The van der Waals surface area contributed by atoms with Gasteiger partial charge in [-0.2, -0.15) is 5.10 Å². The molecule has 1 heterocycles. The van der Waals surface area contributed by atoms with E-state index in [0.29, 0.717) is 17.4 Å². The van der Waals surface area contributed by atoms with E-state index in [2.05, 4.69) is 20.7 Å². The Kier molecular flexibility index (Phi) is 4.70. The number of hydrogen-bond donors (Lipinski definition) is 1. The second-order valence-electron chi connectivity index (χ2n) is 8.49. The molecule has 4 fully saturated rings. The summed E-state index contributed by atoms with van der Waals surface area (Å²) in [6.45, 7) is 0. The minimum Gasteiger partial charge on any atom is -0.312 e. The fourth-order valence-electron chi connectivity index (χ4n) is 5.33. The van der Waals surface area contributed by atoms with Crippen molar-refractivity contribution in [2.24, 2.45) is 35.8 Å². The maximum atomic E-state index is 12.5. The van der Waals surface area contributed by atoms with E-state index >= 15 is 0 Å². The summed E-state index contributed by atoms with van der Waals surface area (Å²) in [6, 6.07) is 7.74. The van der Waals surface area contributed by atoms with Crippen molar-refractivity contribution >= 4 is 23.4 Å². The van der Waals surface area contributed by atoms with E-state index in [0.717, 1.165) is 28.3 Å². The summed E-state index contributed by atoms with van der Waals surface area (Å²) in [7, 11) is 1.93. The molecule has 0 unspecified atom stereocenters. The molecule has 7 heteroatoms. The van der Waals surface area contributed by atoms with E-state index < -0.39 is 0 Å². The lowest BCUT2D eigenvalue weighted by Crippen LogP contribution is -2.46. The Hall–Kier alpha value is -2.15. The summed E-state index contributed by atoms with van der Waals surface area (Å²) in [5, 5.41) is 13.4. The highest BCUT2D eigenvalue weighted by atomic mass is 32.2. The summed E-state index contributed by atoms with van der Waals surface area (Å²) in [4.78, 5) is 12.5. The van der Waals surface area contributed by atoms with Crippen LogP contribution >= 0.6 is 11.8 Å². The van der Waals surface area contributed by atoms with E-state index in [1.54, 1.807) is 18.1 Å². The zero-order chi connectivity index (χ0) is 19.1. The van der Waals surface area contributed by atoms with Crippen molar-refractivity contribution in [1.82, 2.24) is 20.2 Å². The Labute approximate surface area is 169 Å². The Morgan fingerprint density at radius 3 is 2.43 bits per heavy atom. The smallest absolute Gasteiger partial charge is 0.271 e. The van der Waals surface area contributed by atoms with E-state index in [9.17, 15) is 4.79 Å². The van der Waals surface area contributed by atoms with Crippen LogP contribution in [-0.2, 0) is 12.8 Å². The number of benzene rings is 1. The van der Waals surface area contributed by atoms with E-state index in [4.69, 9.17) is 0 Å². The fraction of sp³-hybridized carbons (Fsp3) is 0.524. The first-order valence-corrected chi connectivity index (χ1v) is 11.1. The molecular weight excluding hydrogens is 370 g/mol. The van der Waals surface area contributed by atoms with Crippen LogP contribution in [0.5, 0.6) is 0 Å². The summed E-state index contributed by atoms with van der Waals surface area (Å²) in [5.74, 6) is 3.71. The molecule has 6 nitrogen and oxygen atoms in total. The molecule has 0 aliphatic heterocycles. The normalized spacial score (nSPS) is 27.8. The number of nitrogens with one attached hydrogen (secondary N) is 1. The molecule has 1 aromatic carbocycles. The monoisotopic (exact) mass is 395 g/mol. The Bertz CT molecular complexity index is 874. The van der Waals surface area contributed by atoms with Crippen LogP contribution < -0.4 is 5.43 Å². The molecule has 4 aliphatic carbocycles. The minimum atomic E-state index is -0.117. The highest BCUT2D eigenvalue weighted by Crippen LogP contribution is 2.52. The number of carbonyl (C=O) groups is 1. The minimum absolute atomic E-state index is 0.117. The fourth-order valence-corrected chi connectivity index (χ4v) is 6.18. The third-order valence-electron chi connectivity index (χ3n) is 6.52. The summed E-state index contributed by atoms with van der Waals surface area (Å²) in [6.07, 6.45) is 8.23. The first-order chi connectivity index (χ1) is 13.7. The van der Waals surface area contributed by atoms with E-state index in [1.165, 1.54) is 37.8 Å². The number of carbonyl (C=O) groups excluding carboxylic acids is 1. The predicted molar refractivity (Wildman–Crippen MR) is 109 cm³/mol. The van der Waals surface area contributed by atoms with Crippen molar-refractivity contribution < 1.29 is 4.79 Å². The number of amides is 1. The largest absolute Gasteiger partial charge is 0.312 e. The lowest BCUT2D eigenvalue weighted by atomic mass is 9.55. The van der Waals surface area contributed by atoms with Gasteiger partial charge < -0.3 is 4.57 Å². The van der Waals surface area contributed by atoms with Gasteiger partial charge in [-0.1, -0.05) is 23.9 Å². The molecule has 4 bridgehead atoms. The van der Waals surface area contributed by atoms with Crippen molar-refractivity contribution in [3.63, 3.8) is 0 Å². The van der Waals surface area contributed by atoms with E-state index in [1.807, 2.05) is 35.9 Å². The molecule has 6 rings (SSSR count). The van der Waals surface area contributed by atoms with Crippen molar-refractivity contribution in [1.29, 1.82) is 0 Å². The van der Waals surface area contributed by atoms with Gasteiger partial charge in [0.25, 0.3) is 5.91 Å². The van der Waals surface area contributed by atoms with Crippen LogP contribution in [0.25, 0.3) is 0 Å². The Balaban J connectivity index is 1.19. The molecule has 4 aliphatic rings. The van der Waals surface area contributed by atoms with Gasteiger partial charge >= 0.3 is 0 Å². The van der Waals surface area contributed by atoms with Gasteiger partial charge in [-0.25, -0.2) is 5.43 Å². The Morgan fingerprint density at radius 1 is 1.14 bits per heavy atom. The molecule has 2 aromatic rings. The van der Waals surface area contributed by atoms with Crippen LogP contribution in [0.1, 0.15) is 48.0 Å². The highest BCUT2D eigenvalue weighted by molar-refractivity contribution is 7.98. The second kappa shape index (κ2) is 7.35. The van der Waals surface area contributed by atoms with Crippen LogP contribution in [0, 0.1) is 23.7 Å². The first kappa shape index (κ1) is 17.9. The number of hydrazone groups is 1. The average molecular weight is 396 g/mol. The van der Waals surface area contributed by atoms with Gasteiger partial charge in [-0.3, -0.25) is 4.79 Å². The number of thioether (sulfide) groups is 1. The van der Waals surface area contributed by atoms with Crippen LogP contribution in [0.15, 0.2) is 40.9 Å². The molecule has 1 amide bonds. The van der Waals surface area contributed by atoms with Gasteiger partial charge in [0.05, 0.1) is 0 Å². The molecule has 0 saturated heterocycles. The molecule has 0 spiro atoms. The standard InChI is InChI=1S/C21H25N5OS/c1-26-12-22-25-21(26)28-11-13-2-4-16(5-3-13)20(27)24-23-19-17-7-14-6-15(9-17)10-18(19)8-14/h2-5,12,14-15,17-18H,6-11H2,1H3,(H,24,27). The van der Waals surface area contributed by atoms with Crippen LogP contribution in [0.4, 0.5) is 0 Å². The van der Waals surface area contributed by atoms with Crippen molar-refractivity contribution in [2.45, 2.75) is 43.0 Å². The lowest BCUT2D eigenvalue weighted by molar-refractivity contribution is 0.0942. The molecule has 0 atom stereocenters. The first-order valence-electron chi connectivity index (χ1n) is 10.1. The van der Waals surface area contributed by atoms with Crippen molar-refractivity contribution in [2.75, 3.05) is 0 Å². The zero-order valence-corrected chi connectivity index (χ0v) is 16.9. The molecular formula is C21H25N5OS. The highest BCUT2D eigenvalue weighted by Gasteiger charge is 2.46. The molecule has 28 heavy (non-hydrogen) atoms. The average Bonchev–Trinajstić information content (AvgIpc) is 3.10. The molecule has 4 saturated carbocycles. The van der Waals surface area contributed by atoms with Gasteiger partial charge in [-0.15, -0.1) is 10.2 Å². The molecule has 146 valence electrons. The quantitative estimate of drug-likeness (QED) is 0.620. The number of aromatic nitrogens is 3. The summed E-state index contributed by atoms with van der Waals surface area (Å²) in [5.41, 5.74) is 5.90. The van der Waals surface area contributed by atoms with E-state index in [-0.39, 0.29) is 5.91 Å². The maximum Gasteiger partial charge on any atom is 0.271 e. The van der Waals surface area contributed by atoms with Crippen LogP contribution in [-0.4, -0.2) is 26.4 Å². The van der Waals surface area contributed by atoms with Gasteiger partial charge in [-0.05, 0) is 73.5 Å². The number of hydrogen-bond acceptors (Lipinski definition) is 5. The van der Waals surface area contributed by atoms with Gasteiger partial charge in [0.1, 0.15) is 6.33 Å². The third-order valence-corrected chi connectivity index (χ3v) is 7.62. The number of aryl methyl sites for hydroxylation is 1. The van der Waals surface area contributed by atoms with Crippen molar-refractivity contribution in [3.05, 3.63) is 41.7 Å². The molecule has 1 aromatic heterocycles. The second-order valence-corrected chi connectivity index (χ2v) is 9.43.